The van der Waals surface area contributed by atoms with Gasteiger partial charge in [-0.1, -0.05) is 0 Å². The summed E-state index contributed by atoms with van der Waals surface area (Å²) in [6.07, 6.45) is 2.64. The van der Waals surface area contributed by atoms with Crippen LogP contribution in [0.2, 0.25) is 0 Å². The molecule has 3 heterocycles. The minimum atomic E-state index is -0.573. The number of aliphatic imine (C=N–C) groups is 1. The van der Waals surface area contributed by atoms with Crippen LogP contribution in [0.4, 0.5) is 17.2 Å². The number of pyridine rings is 1. The number of aromatic nitrogens is 3. The van der Waals surface area contributed by atoms with E-state index in [-0.39, 0.29) is 19.2 Å². The second kappa shape index (κ2) is 10.1. The summed E-state index contributed by atoms with van der Waals surface area (Å²) in [6, 6.07) is 14.9. The molecule has 2 aromatic heterocycles. The molecule has 0 saturated carbocycles. The number of hydrogen-bond donors (Lipinski definition) is 4. The maximum Gasteiger partial charge on any atom is 0.290 e. The fourth-order valence-electron chi connectivity index (χ4n) is 3.84. The van der Waals surface area contributed by atoms with Gasteiger partial charge in [-0.2, -0.15) is 0 Å². The van der Waals surface area contributed by atoms with Crippen LogP contribution in [0.15, 0.2) is 66.0 Å². The SMILES string of the molecule is Cc1ccc(Oc2ccc(Nc3ncnc4ccc(NC5=NC(CO)C(CO)O5)cc34)cc2C)cn1. The fourth-order valence-corrected chi connectivity index (χ4v) is 3.84. The maximum atomic E-state index is 9.43. The monoisotopic (exact) mass is 486 g/mol. The molecule has 4 N–H and O–H groups in total. The van der Waals surface area contributed by atoms with Gasteiger partial charge < -0.3 is 30.3 Å². The van der Waals surface area contributed by atoms with Crippen LogP contribution in [-0.4, -0.2) is 56.5 Å². The number of fused-ring (bicyclic) bond motifs is 1. The van der Waals surface area contributed by atoms with Crippen molar-refractivity contribution < 1.29 is 19.7 Å². The summed E-state index contributed by atoms with van der Waals surface area (Å²) in [6.45, 7) is 3.47. The molecule has 10 nitrogen and oxygen atoms in total. The number of aliphatic hydroxyl groups is 2. The minimum Gasteiger partial charge on any atom is -0.457 e. The van der Waals surface area contributed by atoms with Crippen molar-refractivity contribution in [3.8, 4) is 11.5 Å². The normalized spacial score (nSPS) is 16.9. The van der Waals surface area contributed by atoms with E-state index in [1.54, 1.807) is 6.20 Å². The summed E-state index contributed by atoms with van der Waals surface area (Å²) in [4.78, 5) is 17.4. The van der Waals surface area contributed by atoms with Gasteiger partial charge in [0.15, 0.2) is 0 Å². The molecule has 0 aliphatic carbocycles. The number of benzene rings is 2. The lowest BCUT2D eigenvalue weighted by Crippen LogP contribution is -2.29. The molecule has 0 bridgehead atoms. The second-order valence-electron chi connectivity index (χ2n) is 8.44. The summed E-state index contributed by atoms with van der Waals surface area (Å²) < 4.78 is 11.6. The van der Waals surface area contributed by atoms with Crippen molar-refractivity contribution in [2.75, 3.05) is 23.8 Å². The minimum absolute atomic E-state index is 0.207. The molecule has 2 aromatic carbocycles. The van der Waals surface area contributed by atoms with Crippen LogP contribution in [0, 0.1) is 13.8 Å². The highest BCUT2D eigenvalue weighted by atomic mass is 16.5. The van der Waals surface area contributed by atoms with E-state index in [0.717, 1.165) is 33.6 Å². The Balaban J connectivity index is 1.35. The molecule has 1 aliphatic heterocycles. The third-order valence-electron chi connectivity index (χ3n) is 5.78. The molecule has 184 valence electrons. The quantitative estimate of drug-likeness (QED) is 0.308. The molecule has 0 fully saturated rings. The molecule has 2 unspecified atom stereocenters. The number of nitrogens with zero attached hydrogens (tertiary/aromatic N) is 4. The van der Waals surface area contributed by atoms with E-state index in [0.29, 0.717) is 17.3 Å². The van der Waals surface area contributed by atoms with Gasteiger partial charge in [0, 0.05) is 22.5 Å². The second-order valence-corrected chi connectivity index (χ2v) is 8.44. The number of rotatable bonds is 7. The highest BCUT2D eigenvalue weighted by Crippen LogP contribution is 2.30. The lowest BCUT2D eigenvalue weighted by Gasteiger charge is -2.14. The number of amidine groups is 1. The first-order valence-electron chi connectivity index (χ1n) is 11.5. The number of anilines is 3. The zero-order chi connectivity index (χ0) is 25.1. The molecular weight excluding hydrogens is 460 g/mol. The van der Waals surface area contributed by atoms with E-state index in [2.05, 4.69) is 30.6 Å². The predicted molar refractivity (Wildman–Crippen MR) is 137 cm³/mol. The molecule has 10 heteroatoms. The number of aryl methyl sites for hydroxylation is 2. The van der Waals surface area contributed by atoms with Gasteiger partial charge in [-0.05, 0) is 67.9 Å². The van der Waals surface area contributed by atoms with Gasteiger partial charge in [-0.25, -0.2) is 15.0 Å². The largest absolute Gasteiger partial charge is 0.457 e. The van der Waals surface area contributed by atoms with Gasteiger partial charge in [-0.15, -0.1) is 0 Å². The van der Waals surface area contributed by atoms with E-state index in [9.17, 15) is 10.2 Å². The third-order valence-corrected chi connectivity index (χ3v) is 5.78. The van der Waals surface area contributed by atoms with Gasteiger partial charge in [0.05, 0.1) is 24.9 Å². The summed E-state index contributed by atoms with van der Waals surface area (Å²) in [5.41, 5.74) is 4.20. The summed E-state index contributed by atoms with van der Waals surface area (Å²) in [5, 5.41) is 26.1. The van der Waals surface area contributed by atoms with Crippen LogP contribution in [0.5, 0.6) is 11.5 Å². The Labute approximate surface area is 207 Å². The van der Waals surface area contributed by atoms with Crippen LogP contribution >= 0.6 is 0 Å². The van der Waals surface area contributed by atoms with Crippen molar-refractivity contribution >= 4 is 34.1 Å². The van der Waals surface area contributed by atoms with E-state index < -0.39 is 12.1 Å². The lowest BCUT2D eigenvalue weighted by molar-refractivity contribution is 0.0870. The maximum absolute atomic E-state index is 9.43. The van der Waals surface area contributed by atoms with Crippen molar-refractivity contribution in [3.05, 3.63) is 72.3 Å². The van der Waals surface area contributed by atoms with Gasteiger partial charge in [0.2, 0.25) is 0 Å². The molecular formula is C26H26N6O4. The number of ether oxygens (including phenoxy) is 2. The molecule has 0 saturated heterocycles. The van der Waals surface area contributed by atoms with Crippen LogP contribution in [0.25, 0.3) is 10.9 Å². The Morgan fingerprint density at radius 3 is 2.47 bits per heavy atom. The summed E-state index contributed by atoms with van der Waals surface area (Å²) in [5.74, 6) is 2.05. The van der Waals surface area contributed by atoms with Crippen LogP contribution in [0.1, 0.15) is 11.3 Å². The van der Waals surface area contributed by atoms with Gasteiger partial charge in [0.1, 0.15) is 35.8 Å². The van der Waals surface area contributed by atoms with E-state index in [4.69, 9.17) is 9.47 Å². The standard InChI is InChI=1S/C26H26N6O4/c1-15-9-17(5-8-23(15)35-19-6-3-16(2)27-11-19)30-25-20-10-18(4-7-21(20)28-14-29-25)31-26-32-22(12-33)24(13-34)36-26/h3-11,14,22,24,33-34H,12-13H2,1-2H3,(H,31,32)(H,28,29,30). The molecule has 36 heavy (non-hydrogen) atoms. The first-order valence-corrected chi connectivity index (χ1v) is 11.5. The molecule has 0 radical (unpaired) electrons. The summed E-state index contributed by atoms with van der Waals surface area (Å²) in [7, 11) is 0. The Hall–Kier alpha value is -4.28. The lowest BCUT2D eigenvalue weighted by atomic mass is 10.1. The summed E-state index contributed by atoms with van der Waals surface area (Å²) >= 11 is 0. The van der Waals surface area contributed by atoms with Crippen LogP contribution < -0.4 is 15.4 Å². The molecule has 0 spiro atoms. The Bertz CT molecular complexity index is 1410. The van der Waals surface area contributed by atoms with Crippen molar-refractivity contribution in [2.45, 2.75) is 26.0 Å². The highest BCUT2D eigenvalue weighted by molar-refractivity contribution is 5.97. The third kappa shape index (κ3) is 5.04. The van der Waals surface area contributed by atoms with Crippen LogP contribution in [0.3, 0.4) is 0 Å². The molecule has 5 rings (SSSR count). The van der Waals surface area contributed by atoms with E-state index >= 15 is 0 Å². The first-order chi connectivity index (χ1) is 17.5. The molecule has 0 amide bonds. The number of aliphatic hydroxyl groups excluding tert-OH is 2. The molecule has 1 aliphatic rings. The van der Waals surface area contributed by atoms with Crippen molar-refractivity contribution in [1.82, 2.24) is 15.0 Å². The highest BCUT2D eigenvalue weighted by Gasteiger charge is 2.30. The van der Waals surface area contributed by atoms with Gasteiger partial charge in [0.25, 0.3) is 6.02 Å². The van der Waals surface area contributed by atoms with Crippen molar-refractivity contribution in [3.63, 3.8) is 0 Å². The zero-order valence-electron chi connectivity index (χ0n) is 19.8. The predicted octanol–water partition coefficient (Wildman–Crippen LogP) is 3.70. The number of hydrogen-bond acceptors (Lipinski definition) is 10. The Morgan fingerprint density at radius 1 is 0.917 bits per heavy atom. The Kier molecular flexibility index (Phi) is 6.61. The number of nitrogens with one attached hydrogen (secondary N) is 2. The van der Waals surface area contributed by atoms with Gasteiger partial charge in [-0.3, -0.25) is 4.98 Å². The van der Waals surface area contributed by atoms with Gasteiger partial charge >= 0.3 is 0 Å². The zero-order valence-corrected chi connectivity index (χ0v) is 19.8. The van der Waals surface area contributed by atoms with Crippen molar-refractivity contribution in [1.29, 1.82) is 0 Å². The van der Waals surface area contributed by atoms with E-state index in [1.807, 2.05) is 62.4 Å². The average molecular weight is 487 g/mol. The fraction of sp³-hybridized carbons (Fsp3) is 0.231. The Morgan fingerprint density at radius 2 is 1.75 bits per heavy atom. The average Bonchev–Trinajstić information content (AvgIpc) is 3.29. The van der Waals surface area contributed by atoms with Crippen LogP contribution in [-0.2, 0) is 4.74 Å². The first kappa shape index (κ1) is 23.5. The topological polar surface area (TPSA) is 134 Å². The smallest absolute Gasteiger partial charge is 0.290 e. The van der Waals surface area contributed by atoms with E-state index in [1.165, 1.54) is 6.33 Å². The molecule has 2 atom stereocenters. The molecule has 4 aromatic rings. The van der Waals surface area contributed by atoms with Crippen molar-refractivity contribution in [2.24, 2.45) is 4.99 Å².